The molecule has 0 spiro atoms. The lowest BCUT2D eigenvalue weighted by molar-refractivity contribution is -0.113. The van der Waals surface area contributed by atoms with Gasteiger partial charge >= 0.3 is 0 Å². The molecule has 1 heterocycles. The molecule has 1 aromatic carbocycles. The maximum Gasteiger partial charge on any atom is 0.234 e. The fourth-order valence-electron chi connectivity index (χ4n) is 1.43. The number of benzene rings is 1. The molecular weight excluding hydrogens is 317 g/mol. The number of hydrogen-bond acceptors (Lipinski definition) is 6. The first-order valence-electron chi connectivity index (χ1n) is 5.72. The Balaban J connectivity index is 1.95. The van der Waals surface area contributed by atoms with Crippen LogP contribution >= 0.6 is 23.4 Å². The van der Waals surface area contributed by atoms with Gasteiger partial charge in [-0.25, -0.2) is 14.4 Å². The van der Waals surface area contributed by atoms with Crippen LogP contribution in [0.4, 0.5) is 21.7 Å². The topological polar surface area (TPSA) is 107 Å². The van der Waals surface area contributed by atoms with E-state index in [9.17, 15) is 9.18 Å². The molecule has 0 atom stereocenters. The number of carbonyl (C=O) groups is 1. The highest BCUT2D eigenvalue weighted by atomic mass is 35.5. The quantitative estimate of drug-likeness (QED) is 0.587. The van der Waals surface area contributed by atoms with Gasteiger partial charge in [0, 0.05) is 11.1 Å². The van der Waals surface area contributed by atoms with Crippen molar-refractivity contribution in [1.82, 2.24) is 9.97 Å². The van der Waals surface area contributed by atoms with Crippen LogP contribution in [0.1, 0.15) is 0 Å². The number of anilines is 3. The zero-order chi connectivity index (χ0) is 15.4. The van der Waals surface area contributed by atoms with Crippen molar-refractivity contribution in [3.8, 4) is 0 Å². The lowest BCUT2D eigenvalue weighted by atomic mass is 10.3. The summed E-state index contributed by atoms with van der Waals surface area (Å²) < 4.78 is 13.5. The van der Waals surface area contributed by atoms with Crippen LogP contribution in [0.5, 0.6) is 0 Å². The molecule has 110 valence electrons. The molecule has 0 fully saturated rings. The van der Waals surface area contributed by atoms with Gasteiger partial charge in [-0.15, -0.1) is 0 Å². The number of carbonyl (C=O) groups excluding carboxylic acids is 1. The van der Waals surface area contributed by atoms with E-state index < -0.39 is 11.7 Å². The van der Waals surface area contributed by atoms with Crippen molar-refractivity contribution in [2.75, 3.05) is 22.5 Å². The van der Waals surface area contributed by atoms with E-state index in [1.807, 2.05) is 0 Å². The summed E-state index contributed by atoms with van der Waals surface area (Å²) in [7, 11) is 0. The van der Waals surface area contributed by atoms with Gasteiger partial charge in [0.2, 0.25) is 5.91 Å². The molecule has 0 bridgehead atoms. The lowest BCUT2D eigenvalue weighted by Gasteiger charge is -2.06. The molecule has 21 heavy (non-hydrogen) atoms. The number of thioether (sulfide) groups is 1. The first-order valence-corrected chi connectivity index (χ1v) is 7.08. The average molecular weight is 328 g/mol. The molecule has 0 aliphatic heterocycles. The largest absolute Gasteiger partial charge is 0.383 e. The van der Waals surface area contributed by atoms with Crippen molar-refractivity contribution >= 4 is 46.6 Å². The van der Waals surface area contributed by atoms with E-state index in [1.54, 1.807) is 0 Å². The van der Waals surface area contributed by atoms with Crippen molar-refractivity contribution < 1.29 is 9.18 Å². The normalized spacial score (nSPS) is 10.4. The molecular formula is C12H11ClFN5OS. The van der Waals surface area contributed by atoms with E-state index >= 15 is 0 Å². The van der Waals surface area contributed by atoms with Crippen molar-refractivity contribution in [1.29, 1.82) is 0 Å². The highest BCUT2D eigenvalue weighted by Gasteiger charge is 2.10. The van der Waals surface area contributed by atoms with Crippen molar-refractivity contribution in [2.45, 2.75) is 5.16 Å². The molecule has 0 aliphatic carbocycles. The molecule has 2 rings (SSSR count). The second kappa shape index (κ2) is 6.59. The van der Waals surface area contributed by atoms with Gasteiger partial charge in [0.15, 0.2) is 5.16 Å². The maximum atomic E-state index is 13.5. The summed E-state index contributed by atoms with van der Waals surface area (Å²) >= 11 is 6.67. The number of nitrogens with two attached hydrogens (primary N) is 2. The fourth-order valence-corrected chi connectivity index (χ4v) is 2.26. The molecule has 0 saturated carbocycles. The van der Waals surface area contributed by atoms with Gasteiger partial charge in [-0.3, -0.25) is 4.79 Å². The fraction of sp³-hybridized carbons (Fsp3) is 0.0833. The van der Waals surface area contributed by atoms with Gasteiger partial charge in [0.05, 0.1) is 11.4 Å². The third-order valence-corrected chi connectivity index (χ3v) is 3.37. The number of nitrogens with one attached hydrogen (secondary N) is 1. The minimum absolute atomic E-state index is 0.00897. The first-order chi connectivity index (χ1) is 9.94. The zero-order valence-electron chi connectivity index (χ0n) is 10.6. The van der Waals surface area contributed by atoms with Gasteiger partial charge in [0.1, 0.15) is 17.5 Å². The molecule has 5 N–H and O–H groups in total. The van der Waals surface area contributed by atoms with Crippen LogP contribution < -0.4 is 16.8 Å². The standard InChI is InChI=1S/C12H11ClFN5OS/c13-6-1-2-8(7(14)3-6)17-11(20)5-21-12-18-9(15)4-10(16)19-12/h1-4H,5H2,(H,17,20)(H4,15,16,18,19). The van der Waals surface area contributed by atoms with E-state index in [1.165, 1.54) is 18.2 Å². The van der Waals surface area contributed by atoms with Crippen molar-refractivity contribution in [2.24, 2.45) is 0 Å². The Morgan fingerprint density at radius 3 is 2.57 bits per heavy atom. The molecule has 0 saturated heterocycles. The Labute approximate surface area is 129 Å². The number of nitrogens with zero attached hydrogens (tertiary/aromatic N) is 2. The summed E-state index contributed by atoms with van der Waals surface area (Å²) in [6.07, 6.45) is 0. The van der Waals surface area contributed by atoms with Crippen molar-refractivity contribution in [3.05, 3.63) is 35.1 Å². The van der Waals surface area contributed by atoms with Crippen LogP contribution in [0.25, 0.3) is 0 Å². The molecule has 0 aliphatic rings. The summed E-state index contributed by atoms with van der Waals surface area (Å²) in [4.78, 5) is 19.6. The summed E-state index contributed by atoms with van der Waals surface area (Å²) in [5, 5.41) is 2.96. The smallest absolute Gasteiger partial charge is 0.234 e. The molecule has 0 radical (unpaired) electrons. The Kier molecular flexibility index (Phi) is 4.81. The highest BCUT2D eigenvalue weighted by molar-refractivity contribution is 7.99. The first kappa shape index (κ1) is 15.3. The Morgan fingerprint density at radius 1 is 1.29 bits per heavy atom. The number of amides is 1. The van der Waals surface area contributed by atoms with Crippen LogP contribution in [-0.2, 0) is 4.79 Å². The van der Waals surface area contributed by atoms with Gasteiger partial charge < -0.3 is 16.8 Å². The number of halogens is 2. The predicted octanol–water partition coefficient (Wildman–Crippen LogP) is 2.16. The van der Waals surface area contributed by atoms with Crippen LogP contribution in [0.3, 0.4) is 0 Å². The Bertz CT molecular complexity index is 664. The number of aromatic nitrogens is 2. The minimum Gasteiger partial charge on any atom is -0.383 e. The lowest BCUT2D eigenvalue weighted by Crippen LogP contribution is -2.15. The van der Waals surface area contributed by atoms with Crippen molar-refractivity contribution in [3.63, 3.8) is 0 Å². The second-order valence-electron chi connectivity index (χ2n) is 3.96. The summed E-state index contributed by atoms with van der Waals surface area (Å²) in [6, 6.07) is 5.39. The molecule has 2 aromatic rings. The van der Waals surface area contributed by atoms with E-state index in [-0.39, 0.29) is 33.3 Å². The van der Waals surface area contributed by atoms with Crippen LogP contribution in [0, 0.1) is 5.82 Å². The maximum absolute atomic E-state index is 13.5. The monoisotopic (exact) mass is 327 g/mol. The average Bonchev–Trinajstić information content (AvgIpc) is 2.39. The zero-order valence-corrected chi connectivity index (χ0v) is 12.2. The third-order valence-electron chi connectivity index (χ3n) is 2.28. The van der Waals surface area contributed by atoms with Gasteiger partial charge in [-0.1, -0.05) is 23.4 Å². The minimum atomic E-state index is -0.606. The van der Waals surface area contributed by atoms with Gasteiger partial charge in [-0.05, 0) is 18.2 Å². The van der Waals surface area contributed by atoms with E-state index in [0.717, 1.165) is 17.8 Å². The number of nitrogen functional groups attached to an aromatic ring is 2. The van der Waals surface area contributed by atoms with E-state index in [4.69, 9.17) is 23.1 Å². The number of hydrogen-bond donors (Lipinski definition) is 3. The molecule has 1 aromatic heterocycles. The molecule has 0 unspecified atom stereocenters. The highest BCUT2D eigenvalue weighted by Crippen LogP contribution is 2.20. The van der Waals surface area contributed by atoms with Gasteiger partial charge in [0.25, 0.3) is 0 Å². The Hall–Kier alpha value is -2.06. The van der Waals surface area contributed by atoms with Crippen LogP contribution in [0.15, 0.2) is 29.4 Å². The predicted molar refractivity (Wildman–Crippen MR) is 81.6 cm³/mol. The third kappa shape index (κ3) is 4.47. The van der Waals surface area contributed by atoms with Crippen LogP contribution in [-0.4, -0.2) is 21.6 Å². The SMILES string of the molecule is Nc1cc(N)nc(SCC(=O)Nc2ccc(Cl)cc2F)n1. The van der Waals surface area contributed by atoms with E-state index in [0.29, 0.717) is 0 Å². The molecule has 6 nitrogen and oxygen atoms in total. The van der Waals surface area contributed by atoms with E-state index in [2.05, 4.69) is 15.3 Å². The number of rotatable bonds is 4. The Morgan fingerprint density at radius 2 is 1.95 bits per heavy atom. The van der Waals surface area contributed by atoms with Gasteiger partial charge in [-0.2, -0.15) is 0 Å². The summed E-state index contributed by atoms with van der Waals surface area (Å²) in [6.45, 7) is 0. The second-order valence-corrected chi connectivity index (χ2v) is 5.34. The molecule has 1 amide bonds. The summed E-state index contributed by atoms with van der Waals surface area (Å²) in [5.41, 5.74) is 11.1. The van der Waals surface area contributed by atoms with Crippen LogP contribution in [0.2, 0.25) is 5.02 Å². The summed E-state index contributed by atoms with van der Waals surface area (Å²) in [5.74, 6) is -0.593. The molecule has 9 heteroatoms.